The second kappa shape index (κ2) is 11.3. The molecule has 0 saturated heterocycles. The number of ketones is 1. The summed E-state index contributed by atoms with van der Waals surface area (Å²) in [5, 5.41) is 3.03. The van der Waals surface area contributed by atoms with Crippen LogP contribution in [0.25, 0.3) is 0 Å². The second-order valence-electron chi connectivity index (χ2n) is 9.56. The molecule has 0 spiro atoms. The van der Waals surface area contributed by atoms with Gasteiger partial charge in [-0.1, -0.05) is 0 Å². The van der Waals surface area contributed by atoms with Crippen LogP contribution in [0.1, 0.15) is 67.7 Å². The fourth-order valence-electron chi connectivity index (χ4n) is 3.44. The first kappa shape index (κ1) is 26.4. The number of nitrogens with zero attached hydrogens (tertiary/aromatic N) is 1. The van der Waals surface area contributed by atoms with Gasteiger partial charge in [0, 0.05) is 44.7 Å². The van der Waals surface area contributed by atoms with Gasteiger partial charge in [0.15, 0.2) is 5.78 Å². The molecule has 1 N–H and O–H groups in total. The summed E-state index contributed by atoms with van der Waals surface area (Å²) in [4.78, 5) is 27.3. The number of rotatable bonds is 12. The molecule has 0 aliphatic heterocycles. The number of carbonyl (C=O) groups excluding carboxylic acids is 2. The van der Waals surface area contributed by atoms with Crippen LogP contribution in [0.5, 0.6) is 0 Å². The summed E-state index contributed by atoms with van der Waals surface area (Å²) in [5.41, 5.74) is 1.67. The Hall–Kier alpha value is -2.86. The average Bonchev–Trinajstić information content (AvgIpc) is 2.78. The molecule has 6 heteroatoms. The monoisotopic (exact) mass is 454 g/mol. The molecule has 2 aromatic carbocycles. The highest BCUT2D eigenvalue weighted by Crippen LogP contribution is 2.23. The topological polar surface area (TPSA) is 67.9 Å². The Kier molecular flexibility index (Phi) is 9.06. The Labute approximate surface area is 198 Å². The molecule has 0 heterocycles. The van der Waals surface area contributed by atoms with Gasteiger partial charge >= 0.3 is 5.97 Å². The van der Waals surface area contributed by atoms with E-state index in [1.165, 1.54) is 0 Å². The van der Waals surface area contributed by atoms with Crippen LogP contribution in [-0.4, -0.2) is 50.7 Å². The summed E-state index contributed by atoms with van der Waals surface area (Å²) >= 11 is 0. The second-order valence-corrected chi connectivity index (χ2v) is 9.56. The van der Waals surface area contributed by atoms with Gasteiger partial charge in [-0.05, 0) is 95.5 Å². The minimum Gasteiger partial charge on any atom is -0.456 e. The van der Waals surface area contributed by atoms with Crippen molar-refractivity contribution in [3.63, 3.8) is 0 Å². The summed E-state index contributed by atoms with van der Waals surface area (Å²) in [5.74, 6) is -0.364. The smallest absolute Gasteiger partial charge is 0.338 e. The van der Waals surface area contributed by atoms with Gasteiger partial charge in [0.05, 0.1) is 5.56 Å². The fraction of sp³-hybridized carbons (Fsp3) is 0.481. The van der Waals surface area contributed by atoms with Crippen molar-refractivity contribution in [2.75, 3.05) is 38.0 Å². The number of carbonyl (C=O) groups is 2. The van der Waals surface area contributed by atoms with E-state index in [0.29, 0.717) is 24.2 Å². The standard InChI is InChI=1S/C27H38N2O4/c1-26(2,33-25(31)21-10-14-22(28-5)15-11-21)18-8-9-19-32-27(3,4)24(30)20-12-16-23(17-13-20)29(6)7/h10-17,28H,8-9,18-19H2,1-7H3. The molecule has 0 saturated carbocycles. The number of Topliss-reactive ketones (excluding diaryl/α,β-unsaturated/α-hetero) is 1. The van der Waals surface area contributed by atoms with Crippen LogP contribution >= 0.6 is 0 Å². The normalized spacial score (nSPS) is 11.7. The zero-order valence-electron chi connectivity index (χ0n) is 21.0. The molecule has 0 aliphatic carbocycles. The molecule has 0 amide bonds. The lowest BCUT2D eigenvalue weighted by Gasteiger charge is -2.26. The van der Waals surface area contributed by atoms with E-state index < -0.39 is 11.2 Å². The van der Waals surface area contributed by atoms with Crippen molar-refractivity contribution < 1.29 is 19.1 Å². The van der Waals surface area contributed by atoms with Crippen molar-refractivity contribution in [2.45, 2.75) is 58.2 Å². The molecule has 2 aromatic rings. The summed E-state index contributed by atoms with van der Waals surface area (Å²) in [6.07, 6.45) is 2.30. The van der Waals surface area contributed by atoms with Gasteiger partial charge in [0.1, 0.15) is 11.2 Å². The number of anilines is 2. The highest BCUT2D eigenvalue weighted by molar-refractivity contribution is 6.02. The minimum atomic E-state index is -0.902. The van der Waals surface area contributed by atoms with Crippen molar-refractivity contribution >= 4 is 23.1 Å². The molecular formula is C27H38N2O4. The van der Waals surface area contributed by atoms with Crippen molar-refractivity contribution in [3.8, 4) is 0 Å². The molecule has 2 rings (SSSR count). The van der Waals surface area contributed by atoms with Crippen LogP contribution < -0.4 is 10.2 Å². The van der Waals surface area contributed by atoms with Crippen LogP contribution in [0.4, 0.5) is 11.4 Å². The lowest BCUT2D eigenvalue weighted by molar-refractivity contribution is -0.0150. The van der Waals surface area contributed by atoms with Gasteiger partial charge in [-0.25, -0.2) is 4.79 Å². The number of ether oxygens (including phenoxy) is 2. The first-order valence-corrected chi connectivity index (χ1v) is 11.4. The number of unbranched alkanes of at least 4 members (excludes halogenated alkanes) is 1. The quantitative estimate of drug-likeness (QED) is 0.257. The third-order valence-electron chi connectivity index (χ3n) is 5.61. The van der Waals surface area contributed by atoms with Crippen molar-refractivity contribution in [1.29, 1.82) is 0 Å². The Morgan fingerprint density at radius 1 is 0.879 bits per heavy atom. The molecule has 0 atom stereocenters. The zero-order valence-corrected chi connectivity index (χ0v) is 21.0. The summed E-state index contributed by atoms with van der Waals surface area (Å²) in [7, 11) is 5.76. The number of nitrogens with one attached hydrogen (secondary N) is 1. The van der Waals surface area contributed by atoms with Gasteiger partial charge in [0.25, 0.3) is 0 Å². The fourth-order valence-corrected chi connectivity index (χ4v) is 3.44. The molecular weight excluding hydrogens is 416 g/mol. The third kappa shape index (κ3) is 7.90. The van der Waals surface area contributed by atoms with E-state index in [2.05, 4.69) is 5.32 Å². The van der Waals surface area contributed by atoms with E-state index in [1.807, 2.05) is 76.3 Å². The summed E-state index contributed by atoms with van der Waals surface area (Å²) in [6, 6.07) is 14.7. The van der Waals surface area contributed by atoms with E-state index in [4.69, 9.17) is 9.47 Å². The Morgan fingerprint density at radius 3 is 2.00 bits per heavy atom. The maximum atomic E-state index is 12.9. The van der Waals surface area contributed by atoms with E-state index >= 15 is 0 Å². The van der Waals surface area contributed by atoms with E-state index in [9.17, 15) is 9.59 Å². The van der Waals surface area contributed by atoms with Gasteiger partial charge in [-0.15, -0.1) is 0 Å². The highest BCUT2D eigenvalue weighted by Gasteiger charge is 2.29. The maximum absolute atomic E-state index is 12.9. The summed E-state index contributed by atoms with van der Waals surface area (Å²) < 4.78 is 11.6. The van der Waals surface area contributed by atoms with Crippen molar-refractivity contribution in [3.05, 3.63) is 59.7 Å². The zero-order chi connectivity index (χ0) is 24.6. The Balaban J connectivity index is 1.78. The minimum absolute atomic E-state index is 0.0358. The molecule has 0 radical (unpaired) electrons. The van der Waals surface area contributed by atoms with Crippen LogP contribution in [0.3, 0.4) is 0 Å². The maximum Gasteiger partial charge on any atom is 0.338 e. The van der Waals surface area contributed by atoms with Gasteiger partial charge < -0.3 is 19.7 Å². The molecule has 33 heavy (non-hydrogen) atoms. The predicted molar refractivity (Wildman–Crippen MR) is 134 cm³/mol. The first-order chi connectivity index (χ1) is 15.4. The number of esters is 1. The SMILES string of the molecule is CNc1ccc(C(=O)OC(C)(C)CCCCOC(C)(C)C(=O)c2ccc(N(C)C)cc2)cc1. The third-order valence-corrected chi connectivity index (χ3v) is 5.61. The predicted octanol–water partition coefficient (Wildman–Crippen LogP) is 5.58. The van der Waals surface area contributed by atoms with Crippen molar-refractivity contribution in [2.24, 2.45) is 0 Å². The van der Waals surface area contributed by atoms with Gasteiger partial charge in [0.2, 0.25) is 0 Å². The average molecular weight is 455 g/mol. The summed E-state index contributed by atoms with van der Waals surface area (Å²) in [6.45, 7) is 7.90. The largest absolute Gasteiger partial charge is 0.456 e. The molecule has 0 unspecified atom stereocenters. The Morgan fingerprint density at radius 2 is 1.45 bits per heavy atom. The molecule has 0 aromatic heterocycles. The molecule has 0 bridgehead atoms. The first-order valence-electron chi connectivity index (χ1n) is 11.4. The van der Waals surface area contributed by atoms with E-state index in [0.717, 1.165) is 24.2 Å². The lowest BCUT2D eigenvalue weighted by Crippen LogP contribution is -2.35. The molecule has 6 nitrogen and oxygen atoms in total. The van der Waals surface area contributed by atoms with Crippen LogP contribution in [0, 0.1) is 0 Å². The van der Waals surface area contributed by atoms with Crippen LogP contribution in [0.15, 0.2) is 48.5 Å². The number of hydrogen-bond donors (Lipinski definition) is 1. The molecule has 0 aliphatic rings. The van der Waals surface area contributed by atoms with E-state index in [-0.39, 0.29) is 11.8 Å². The van der Waals surface area contributed by atoms with Crippen LogP contribution in [0.2, 0.25) is 0 Å². The number of benzene rings is 2. The van der Waals surface area contributed by atoms with Crippen LogP contribution in [-0.2, 0) is 9.47 Å². The van der Waals surface area contributed by atoms with Gasteiger partial charge in [-0.3, -0.25) is 4.79 Å². The Bertz CT molecular complexity index is 916. The lowest BCUT2D eigenvalue weighted by atomic mass is 9.96. The molecule has 0 fully saturated rings. The van der Waals surface area contributed by atoms with Crippen molar-refractivity contribution in [1.82, 2.24) is 0 Å². The molecule has 180 valence electrons. The van der Waals surface area contributed by atoms with E-state index in [1.54, 1.807) is 26.0 Å². The highest BCUT2D eigenvalue weighted by atomic mass is 16.6. The van der Waals surface area contributed by atoms with Gasteiger partial charge in [-0.2, -0.15) is 0 Å². The number of hydrogen-bond acceptors (Lipinski definition) is 6.